The van der Waals surface area contributed by atoms with E-state index in [1.54, 1.807) is 0 Å². The molecule has 0 heterocycles. The van der Waals surface area contributed by atoms with E-state index in [1.165, 1.54) is 30.3 Å². The standard InChI is InChI=1S/C12H13F5O2S/c1-3-10(9-7-5-4-6-8-9)11(12(18)19-2)20(13,14,15,16)17/h3-8,10-11H,1H2,2H3. The number of benzene rings is 1. The van der Waals surface area contributed by atoms with Gasteiger partial charge in [-0.25, -0.2) is 0 Å². The molecule has 114 valence electrons. The Balaban J connectivity index is 3.46. The first-order valence-electron chi connectivity index (χ1n) is 5.39. The summed E-state index contributed by atoms with van der Waals surface area (Å²) in [5.41, 5.74) is -0.0915. The molecule has 0 fully saturated rings. The minimum Gasteiger partial charge on any atom is -0.468 e. The second-order valence-electron chi connectivity index (χ2n) is 4.14. The Morgan fingerprint density at radius 3 is 2.05 bits per heavy atom. The molecule has 0 saturated carbocycles. The van der Waals surface area contributed by atoms with Gasteiger partial charge in [-0.15, -0.1) is 6.58 Å². The predicted octanol–water partition coefficient (Wildman–Crippen LogP) is 4.80. The quantitative estimate of drug-likeness (QED) is 0.443. The van der Waals surface area contributed by atoms with Crippen LogP contribution in [0.1, 0.15) is 11.5 Å². The van der Waals surface area contributed by atoms with Gasteiger partial charge < -0.3 is 4.74 Å². The van der Waals surface area contributed by atoms with Gasteiger partial charge in [0.25, 0.3) is 10.2 Å². The van der Waals surface area contributed by atoms with Crippen molar-refractivity contribution in [2.45, 2.75) is 11.2 Å². The first kappa shape index (κ1) is 16.5. The Labute approximate surface area is 113 Å². The molecule has 1 aromatic rings. The van der Waals surface area contributed by atoms with Crippen molar-refractivity contribution in [3.8, 4) is 0 Å². The number of rotatable bonds is 5. The van der Waals surface area contributed by atoms with Crippen LogP contribution in [0.4, 0.5) is 19.4 Å². The molecular formula is C12H13F5O2S. The maximum atomic E-state index is 13.1. The lowest BCUT2D eigenvalue weighted by molar-refractivity contribution is -0.140. The first-order chi connectivity index (χ1) is 8.90. The Morgan fingerprint density at radius 1 is 1.20 bits per heavy atom. The lowest BCUT2D eigenvalue weighted by Gasteiger charge is -2.47. The predicted molar refractivity (Wildman–Crippen MR) is 68.3 cm³/mol. The Kier molecular flexibility index (Phi) is 3.69. The Bertz CT molecular complexity index is 511. The fourth-order valence-electron chi connectivity index (χ4n) is 1.83. The summed E-state index contributed by atoms with van der Waals surface area (Å²) >= 11 is 0. The number of esters is 1. The summed E-state index contributed by atoms with van der Waals surface area (Å²) in [6.45, 7) is 3.13. The molecule has 0 N–H and O–H groups in total. The molecule has 2 atom stereocenters. The van der Waals surface area contributed by atoms with Crippen molar-refractivity contribution in [1.29, 1.82) is 0 Å². The lowest BCUT2D eigenvalue weighted by atomic mass is 9.95. The van der Waals surface area contributed by atoms with Gasteiger partial charge in [0.05, 0.1) is 7.11 Å². The number of methoxy groups -OCH3 is 1. The SMILES string of the molecule is C=CC(c1ccccc1)C(C(=O)OC)S(F)(F)(F)(F)F. The smallest absolute Gasteiger partial charge is 0.329 e. The number of ether oxygens (including phenoxy) is 1. The summed E-state index contributed by atoms with van der Waals surface area (Å²) in [7, 11) is -9.47. The van der Waals surface area contributed by atoms with E-state index >= 15 is 0 Å². The van der Waals surface area contributed by atoms with E-state index < -0.39 is 27.4 Å². The van der Waals surface area contributed by atoms with E-state index in [2.05, 4.69) is 11.3 Å². The van der Waals surface area contributed by atoms with Gasteiger partial charge >= 0.3 is 5.97 Å². The van der Waals surface area contributed by atoms with E-state index in [0.717, 1.165) is 0 Å². The van der Waals surface area contributed by atoms with Crippen LogP contribution in [0.3, 0.4) is 0 Å². The normalized spacial score (nSPS) is 18.3. The summed E-state index contributed by atoms with van der Waals surface area (Å²) in [4.78, 5) is 11.3. The molecule has 0 aromatic heterocycles. The molecule has 0 bridgehead atoms. The largest absolute Gasteiger partial charge is 0.468 e. The van der Waals surface area contributed by atoms with Crippen LogP contribution in [0.5, 0.6) is 0 Å². The monoisotopic (exact) mass is 316 g/mol. The van der Waals surface area contributed by atoms with Gasteiger partial charge in [-0.05, 0) is 5.56 Å². The fourth-order valence-corrected chi connectivity index (χ4v) is 3.11. The summed E-state index contributed by atoms with van der Waals surface area (Å²) in [5.74, 6) is -3.95. The molecule has 0 aliphatic heterocycles. The van der Waals surface area contributed by atoms with E-state index in [4.69, 9.17) is 0 Å². The molecular weight excluding hydrogens is 303 g/mol. The molecule has 0 saturated heterocycles. The molecule has 1 rings (SSSR count). The fraction of sp³-hybridized carbons (Fsp3) is 0.250. The summed E-state index contributed by atoms with van der Waals surface area (Å²) in [6.07, 6.45) is 0.675. The number of allylic oxidation sites excluding steroid dienone is 1. The molecule has 0 aliphatic carbocycles. The van der Waals surface area contributed by atoms with E-state index in [9.17, 15) is 24.2 Å². The van der Waals surface area contributed by atoms with Crippen LogP contribution in [0.2, 0.25) is 0 Å². The number of carbonyl (C=O) groups is 1. The number of hydrogen-bond acceptors (Lipinski definition) is 2. The van der Waals surface area contributed by atoms with E-state index in [0.29, 0.717) is 13.2 Å². The molecule has 8 heteroatoms. The lowest BCUT2D eigenvalue weighted by Crippen LogP contribution is -2.38. The van der Waals surface area contributed by atoms with Crippen LogP contribution in [0.25, 0.3) is 0 Å². The van der Waals surface area contributed by atoms with Gasteiger partial charge in [-0.3, -0.25) is 4.79 Å². The van der Waals surface area contributed by atoms with Gasteiger partial charge in [-0.1, -0.05) is 55.8 Å². The zero-order chi connectivity index (χ0) is 15.7. The summed E-state index contributed by atoms with van der Waals surface area (Å²) in [5, 5.41) is -3.56. The molecule has 0 radical (unpaired) electrons. The number of carbonyl (C=O) groups excluding carboxylic acids is 1. The van der Waals surface area contributed by atoms with Crippen LogP contribution in [0, 0.1) is 0 Å². The highest BCUT2D eigenvalue weighted by atomic mass is 32.5. The van der Waals surface area contributed by atoms with E-state index in [-0.39, 0.29) is 5.56 Å². The van der Waals surface area contributed by atoms with Crippen molar-refractivity contribution >= 4 is 16.2 Å². The van der Waals surface area contributed by atoms with Crippen molar-refractivity contribution in [2.75, 3.05) is 7.11 Å². The average Bonchev–Trinajstić information content (AvgIpc) is 2.32. The van der Waals surface area contributed by atoms with Crippen LogP contribution in [-0.2, 0) is 9.53 Å². The van der Waals surface area contributed by atoms with Gasteiger partial charge in [0, 0.05) is 5.92 Å². The molecule has 20 heavy (non-hydrogen) atoms. The minimum absolute atomic E-state index is 0.0915. The van der Waals surface area contributed by atoms with E-state index in [1.807, 2.05) is 0 Å². The molecule has 2 unspecified atom stereocenters. The highest BCUT2D eigenvalue weighted by Crippen LogP contribution is 3.01. The van der Waals surface area contributed by atoms with Crippen LogP contribution in [0.15, 0.2) is 43.0 Å². The van der Waals surface area contributed by atoms with Crippen molar-refractivity contribution in [3.63, 3.8) is 0 Å². The molecule has 0 aliphatic rings. The zero-order valence-electron chi connectivity index (χ0n) is 10.4. The van der Waals surface area contributed by atoms with Gasteiger partial charge in [0.2, 0.25) is 5.25 Å². The summed E-state index contributed by atoms with van der Waals surface area (Å²) in [6, 6.07) is 6.70. The highest BCUT2D eigenvalue weighted by Gasteiger charge is 2.75. The van der Waals surface area contributed by atoms with Crippen LogP contribution in [-0.4, -0.2) is 18.3 Å². The third-order valence-corrected chi connectivity index (χ3v) is 4.12. The van der Waals surface area contributed by atoms with Crippen molar-refractivity contribution in [1.82, 2.24) is 0 Å². The maximum absolute atomic E-state index is 13.1. The van der Waals surface area contributed by atoms with Crippen molar-refractivity contribution < 1.29 is 29.0 Å². The minimum atomic E-state index is -10.1. The molecule has 2 nitrogen and oxygen atoms in total. The van der Waals surface area contributed by atoms with Gasteiger partial charge in [-0.2, -0.15) is 0 Å². The second kappa shape index (κ2) is 4.47. The van der Waals surface area contributed by atoms with Crippen molar-refractivity contribution in [2.24, 2.45) is 0 Å². The molecule has 0 spiro atoms. The van der Waals surface area contributed by atoms with Crippen LogP contribution < -0.4 is 0 Å². The maximum Gasteiger partial charge on any atom is 0.329 e. The molecule has 0 amide bonds. The third-order valence-electron chi connectivity index (χ3n) is 2.68. The zero-order valence-corrected chi connectivity index (χ0v) is 11.3. The van der Waals surface area contributed by atoms with Gasteiger partial charge in [0.1, 0.15) is 0 Å². The summed E-state index contributed by atoms with van der Waals surface area (Å²) < 4.78 is 69.4. The number of hydrogen-bond donors (Lipinski definition) is 0. The topological polar surface area (TPSA) is 26.3 Å². The first-order valence-corrected chi connectivity index (χ1v) is 7.40. The van der Waals surface area contributed by atoms with Crippen LogP contribution >= 0.6 is 10.2 Å². The highest BCUT2D eigenvalue weighted by molar-refractivity contribution is 8.46. The van der Waals surface area contributed by atoms with Crippen molar-refractivity contribution in [3.05, 3.63) is 48.6 Å². The Hall–Kier alpha value is -1.57. The second-order valence-corrected chi connectivity index (χ2v) is 6.71. The third kappa shape index (κ3) is 3.72. The molecule has 1 aromatic carbocycles. The Morgan fingerprint density at radius 2 is 1.70 bits per heavy atom. The average molecular weight is 316 g/mol. The van der Waals surface area contributed by atoms with Gasteiger partial charge in [0.15, 0.2) is 0 Å². The number of halogens is 5.